The summed E-state index contributed by atoms with van der Waals surface area (Å²) in [5.74, 6) is 1.63. The molecule has 0 bridgehead atoms. The fraction of sp³-hybridized carbons (Fsp3) is 0.125. The highest BCUT2D eigenvalue weighted by molar-refractivity contribution is 5.64. The van der Waals surface area contributed by atoms with Gasteiger partial charge in [-0.2, -0.15) is 4.98 Å². The van der Waals surface area contributed by atoms with Crippen molar-refractivity contribution in [3.05, 3.63) is 59.9 Å². The van der Waals surface area contributed by atoms with Crippen LogP contribution in [0.3, 0.4) is 0 Å². The first kappa shape index (κ1) is 13.2. The minimum Gasteiger partial charge on any atom is -0.463 e. The van der Waals surface area contributed by atoms with E-state index in [1.165, 1.54) is 0 Å². The molecule has 0 saturated heterocycles. The largest absolute Gasteiger partial charge is 0.463 e. The normalized spacial score (nSPS) is 10.5. The fourth-order valence-electron chi connectivity index (χ4n) is 2.04. The Morgan fingerprint density at radius 3 is 2.62 bits per heavy atom. The zero-order valence-electron chi connectivity index (χ0n) is 11.7. The summed E-state index contributed by atoms with van der Waals surface area (Å²) in [6.45, 7) is 2.52. The lowest BCUT2D eigenvalue weighted by molar-refractivity contribution is 0.579. The van der Waals surface area contributed by atoms with Crippen molar-refractivity contribution in [3.8, 4) is 11.5 Å². The average Bonchev–Trinajstić information content (AvgIpc) is 3.03. The second-order valence-electron chi connectivity index (χ2n) is 4.72. The Balaban J connectivity index is 1.86. The number of nitrogens with one attached hydrogen (secondary N) is 1. The van der Waals surface area contributed by atoms with Gasteiger partial charge in [0.05, 0.1) is 6.26 Å². The maximum atomic E-state index is 5.96. The van der Waals surface area contributed by atoms with Gasteiger partial charge in [0.25, 0.3) is 0 Å². The molecule has 106 valence electrons. The molecule has 21 heavy (non-hydrogen) atoms. The summed E-state index contributed by atoms with van der Waals surface area (Å²) in [5.41, 5.74) is 8.64. The van der Waals surface area contributed by atoms with Crippen LogP contribution in [0.1, 0.15) is 11.1 Å². The Morgan fingerprint density at radius 2 is 1.90 bits per heavy atom. The highest BCUT2D eigenvalue weighted by Crippen LogP contribution is 2.25. The van der Waals surface area contributed by atoms with Crippen LogP contribution in [0.5, 0.6) is 0 Å². The second-order valence-corrected chi connectivity index (χ2v) is 4.72. The van der Waals surface area contributed by atoms with Crippen LogP contribution in [0.4, 0.5) is 11.8 Å². The molecule has 0 aliphatic carbocycles. The summed E-state index contributed by atoms with van der Waals surface area (Å²) >= 11 is 0. The van der Waals surface area contributed by atoms with E-state index in [1.807, 2.05) is 49.4 Å². The van der Waals surface area contributed by atoms with Gasteiger partial charge in [-0.05, 0) is 24.6 Å². The Morgan fingerprint density at radius 1 is 1.10 bits per heavy atom. The van der Waals surface area contributed by atoms with E-state index in [2.05, 4.69) is 15.3 Å². The van der Waals surface area contributed by atoms with Gasteiger partial charge in [-0.25, -0.2) is 4.98 Å². The molecule has 0 saturated carbocycles. The van der Waals surface area contributed by atoms with Crippen molar-refractivity contribution in [2.45, 2.75) is 13.5 Å². The number of aromatic nitrogens is 2. The van der Waals surface area contributed by atoms with Gasteiger partial charge in [-0.1, -0.05) is 30.3 Å². The van der Waals surface area contributed by atoms with Crippen molar-refractivity contribution in [2.75, 3.05) is 11.1 Å². The molecule has 2 heterocycles. The van der Waals surface area contributed by atoms with E-state index < -0.39 is 0 Å². The number of hydrogen-bond acceptors (Lipinski definition) is 5. The predicted molar refractivity (Wildman–Crippen MR) is 82.7 cm³/mol. The van der Waals surface area contributed by atoms with Crippen LogP contribution in [0, 0.1) is 6.92 Å². The Bertz CT molecular complexity index is 724. The van der Waals surface area contributed by atoms with Crippen LogP contribution in [-0.4, -0.2) is 9.97 Å². The number of nitrogens with two attached hydrogens (primary N) is 1. The molecule has 0 aliphatic rings. The molecule has 0 spiro atoms. The lowest BCUT2D eigenvalue weighted by Crippen LogP contribution is -2.08. The Kier molecular flexibility index (Phi) is 3.55. The van der Waals surface area contributed by atoms with Crippen LogP contribution >= 0.6 is 0 Å². The van der Waals surface area contributed by atoms with Crippen molar-refractivity contribution in [2.24, 2.45) is 0 Å². The minimum atomic E-state index is 0.451. The molecule has 3 rings (SSSR count). The molecular weight excluding hydrogens is 264 g/mol. The molecule has 0 radical (unpaired) electrons. The van der Waals surface area contributed by atoms with Gasteiger partial charge in [0, 0.05) is 12.1 Å². The molecule has 0 fully saturated rings. The Hall–Kier alpha value is -2.82. The van der Waals surface area contributed by atoms with Gasteiger partial charge in [0.15, 0.2) is 5.76 Å². The first-order valence-corrected chi connectivity index (χ1v) is 6.70. The van der Waals surface area contributed by atoms with Gasteiger partial charge < -0.3 is 15.5 Å². The first-order chi connectivity index (χ1) is 10.2. The van der Waals surface area contributed by atoms with Crippen molar-refractivity contribution in [1.82, 2.24) is 9.97 Å². The van der Waals surface area contributed by atoms with Gasteiger partial charge >= 0.3 is 0 Å². The molecule has 0 aliphatic heterocycles. The molecule has 0 unspecified atom stereocenters. The van der Waals surface area contributed by atoms with Crippen LogP contribution in [0.15, 0.2) is 53.1 Å². The number of rotatable bonds is 4. The lowest BCUT2D eigenvalue weighted by atomic mass is 10.2. The molecule has 1 aromatic carbocycles. The predicted octanol–water partition coefficient (Wildman–Crippen LogP) is 3.24. The molecule has 5 heteroatoms. The standard InChI is InChI=1S/C16H16N4O/c1-11-14(13-8-5-9-21-13)19-16(20-15(11)17)18-10-12-6-3-2-4-7-12/h2-9H,10H2,1H3,(H3,17,18,19,20). The van der Waals surface area contributed by atoms with Gasteiger partial charge in [-0.15, -0.1) is 0 Å². The monoisotopic (exact) mass is 280 g/mol. The maximum Gasteiger partial charge on any atom is 0.225 e. The zero-order chi connectivity index (χ0) is 14.7. The van der Waals surface area contributed by atoms with Gasteiger partial charge in [0.1, 0.15) is 11.5 Å². The maximum absolute atomic E-state index is 5.96. The summed E-state index contributed by atoms with van der Waals surface area (Å²) in [4.78, 5) is 8.77. The topological polar surface area (TPSA) is 77.0 Å². The third kappa shape index (κ3) is 2.86. The Labute approximate surface area is 122 Å². The van der Waals surface area contributed by atoms with E-state index in [0.717, 1.165) is 11.1 Å². The number of nitrogens with zero attached hydrogens (tertiary/aromatic N) is 2. The van der Waals surface area contributed by atoms with Crippen LogP contribution in [-0.2, 0) is 6.54 Å². The number of benzene rings is 1. The van der Waals surface area contributed by atoms with Crippen molar-refractivity contribution in [1.29, 1.82) is 0 Å². The van der Waals surface area contributed by atoms with Crippen molar-refractivity contribution < 1.29 is 4.42 Å². The number of furan rings is 1. The van der Waals surface area contributed by atoms with Crippen LogP contribution < -0.4 is 11.1 Å². The number of hydrogen-bond donors (Lipinski definition) is 2. The summed E-state index contributed by atoms with van der Waals surface area (Å²) in [6, 6.07) is 13.7. The molecule has 0 atom stereocenters. The van der Waals surface area contributed by atoms with E-state index in [0.29, 0.717) is 29.8 Å². The summed E-state index contributed by atoms with van der Waals surface area (Å²) in [5, 5.41) is 3.19. The lowest BCUT2D eigenvalue weighted by Gasteiger charge is -2.10. The average molecular weight is 280 g/mol. The van der Waals surface area contributed by atoms with Gasteiger partial charge in [-0.3, -0.25) is 0 Å². The van der Waals surface area contributed by atoms with E-state index >= 15 is 0 Å². The second kappa shape index (κ2) is 5.66. The molecule has 3 aromatic rings. The summed E-state index contributed by atoms with van der Waals surface area (Å²) < 4.78 is 5.40. The molecule has 5 nitrogen and oxygen atoms in total. The molecular formula is C16H16N4O. The van der Waals surface area contributed by atoms with Crippen molar-refractivity contribution in [3.63, 3.8) is 0 Å². The minimum absolute atomic E-state index is 0.451. The molecule has 0 amide bonds. The third-order valence-corrected chi connectivity index (χ3v) is 3.23. The third-order valence-electron chi connectivity index (χ3n) is 3.23. The SMILES string of the molecule is Cc1c(N)nc(NCc2ccccc2)nc1-c1ccco1. The van der Waals surface area contributed by atoms with E-state index in [-0.39, 0.29) is 0 Å². The number of anilines is 2. The van der Waals surface area contributed by atoms with Crippen LogP contribution in [0.25, 0.3) is 11.5 Å². The number of nitrogen functional groups attached to an aromatic ring is 1. The summed E-state index contributed by atoms with van der Waals surface area (Å²) in [7, 11) is 0. The fourth-order valence-corrected chi connectivity index (χ4v) is 2.04. The van der Waals surface area contributed by atoms with E-state index in [4.69, 9.17) is 10.2 Å². The highest BCUT2D eigenvalue weighted by atomic mass is 16.3. The van der Waals surface area contributed by atoms with Crippen molar-refractivity contribution >= 4 is 11.8 Å². The zero-order valence-corrected chi connectivity index (χ0v) is 11.7. The quantitative estimate of drug-likeness (QED) is 0.767. The smallest absolute Gasteiger partial charge is 0.225 e. The van der Waals surface area contributed by atoms with Crippen LogP contribution in [0.2, 0.25) is 0 Å². The van der Waals surface area contributed by atoms with E-state index in [9.17, 15) is 0 Å². The van der Waals surface area contributed by atoms with Gasteiger partial charge in [0.2, 0.25) is 5.95 Å². The highest BCUT2D eigenvalue weighted by Gasteiger charge is 2.12. The van der Waals surface area contributed by atoms with E-state index in [1.54, 1.807) is 6.26 Å². The molecule has 3 N–H and O–H groups in total. The molecule has 2 aromatic heterocycles. The summed E-state index contributed by atoms with van der Waals surface area (Å²) in [6.07, 6.45) is 1.62. The first-order valence-electron chi connectivity index (χ1n) is 6.70.